The van der Waals surface area contributed by atoms with Gasteiger partial charge in [-0.15, -0.1) is 0 Å². The summed E-state index contributed by atoms with van der Waals surface area (Å²) in [5, 5.41) is 0. The molecule has 0 saturated carbocycles. The SMILES string of the molecule is C1=CC2C3=C(CCC(C4=CC5C(C=C4)C4C=CC=CC4N5c4ccc(-c5ccccc5)cc4)=C3)N(C3=CC(C4=CC=NCC4)=CC(C4CC=CCC4)C3)C2C=C1. The van der Waals surface area contributed by atoms with Crippen molar-refractivity contribution in [3.63, 3.8) is 0 Å². The van der Waals surface area contributed by atoms with E-state index >= 15 is 0 Å². The second-order valence-electron chi connectivity index (χ2n) is 17.1. The first kappa shape index (κ1) is 33.9. The monoisotopic (exact) mass is 729 g/mol. The number of rotatable bonds is 6. The molecule has 0 bridgehead atoms. The normalized spacial score (nSPS) is 32.3. The number of nitrogens with zero attached hydrogens (tertiary/aromatic N) is 3. The molecule has 56 heavy (non-hydrogen) atoms. The van der Waals surface area contributed by atoms with Gasteiger partial charge in [0, 0.05) is 47.6 Å². The van der Waals surface area contributed by atoms with E-state index in [0.29, 0.717) is 47.7 Å². The van der Waals surface area contributed by atoms with Crippen molar-refractivity contribution in [1.29, 1.82) is 0 Å². The van der Waals surface area contributed by atoms with E-state index in [4.69, 9.17) is 0 Å². The van der Waals surface area contributed by atoms with E-state index in [-0.39, 0.29) is 0 Å². The number of fused-ring (bicyclic) bond motifs is 5. The standard InChI is InChI=1S/C53H51N3/c1-3-11-36(12-4-1)38-19-23-44(24-20-38)55-50-17-9-7-15-46(50)48-25-21-41(35-53(48)55)40-22-26-52-49(34-40)47-16-8-10-18-51(47)56(52)45-32-42(37-13-5-2-6-14-37)31-43(33-45)39-27-29-54-30-28-39/h1-5,7-12,15-21,23-25,27,29,31,33-35,37,42,46-48,50-51,53H,6,13-14,22,26,28,30,32H2. The summed E-state index contributed by atoms with van der Waals surface area (Å²) < 4.78 is 0. The average molecular weight is 730 g/mol. The van der Waals surface area contributed by atoms with Crippen LogP contribution in [0.15, 0.2) is 202 Å². The molecule has 0 aromatic heterocycles. The van der Waals surface area contributed by atoms with Crippen LogP contribution in [0.4, 0.5) is 5.69 Å². The summed E-state index contributed by atoms with van der Waals surface area (Å²) in [6, 6.07) is 21.1. The van der Waals surface area contributed by atoms with E-state index in [9.17, 15) is 0 Å². The van der Waals surface area contributed by atoms with E-state index in [1.54, 1.807) is 5.70 Å². The first-order chi connectivity index (χ1) is 27.8. The van der Waals surface area contributed by atoms with Crippen molar-refractivity contribution < 1.29 is 0 Å². The molecule has 3 nitrogen and oxygen atoms in total. The number of anilines is 1. The number of benzene rings is 2. The van der Waals surface area contributed by atoms with E-state index in [2.05, 4.69) is 173 Å². The highest BCUT2D eigenvalue weighted by atomic mass is 15.2. The minimum absolute atomic E-state index is 0.310. The Labute approximate surface area is 333 Å². The molecule has 0 radical (unpaired) electrons. The highest BCUT2D eigenvalue weighted by Gasteiger charge is 2.47. The van der Waals surface area contributed by atoms with Gasteiger partial charge < -0.3 is 9.80 Å². The van der Waals surface area contributed by atoms with E-state index in [0.717, 1.165) is 32.2 Å². The van der Waals surface area contributed by atoms with Crippen LogP contribution in [0, 0.1) is 29.6 Å². The third-order valence-electron chi connectivity index (χ3n) is 14.1. The Balaban J connectivity index is 0.934. The van der Waals surface area contributed by atoms with Crippen molar-refractivity contribution in [3.8, 4) is 11.1 Å². The highest BCUT2D eigenvalue weighted by molar-refractivity contribution is 5.75. The summed E-state index contributed by atoms with van der Waals surface area (Å²) in [5.41, 5.74) is 14.3. The fraction of sp³-hybridized carbons (Fsp3) is 0.302. The lowest BCUT2D eigenvalue weighted by Gasteiger charge is -2.38. The van der Waals surface area contributed by atoms with Crippen LogP contribution < -0.4 is 4.90 Å². The molecule has 278 valence electrons. The van der Waals surface area contributed by atoms with Crippen molar-refractivity contribution in [2.24, 2.45) is 34.6 Å². The zero-order valence-electron chi connectivity index (χ0n) is 32.2. The summed E-state index contributed by atoms with van der Waals surface area (Å²) in [5.74, 6) is 2.58. The zero-order chi connectivity index (χ0) is 37.0. The molecular formula is C53H51N3. The van der Waals surface area contributed by atoms with Gasteiger partial charge in [-0.1, -0.05) is 134 Å². The first-order valence-corrected chi connectivity index (χ1v) is 21.3. The van der Waals surface area contributed by atoms with Crippen molar-refractivity contribution in [1.82, 2.24) is 4.90 Å². The topological polar surface area (TPSA) is 18.8 Å². The number of allylic oxidation sites excluding steroid dienone is 16. The lowest BCUT2D eigenvalue weighted by molar-refractivity contribution is 0.295. The Bertz CT molecular complexity index is 2310. The molecule has 6 aliphatic carbocycles. The van der Waals surface area contributed by atoms with Crippen molar-refractivity contribution in [2.75, 3.05) is 11.4 Å². The summed E-state index contributed by atoms with van der Waals surface area (Å²) in [6.07, 6.45) is 51.5. The first-order valence-electron chi connectivity index (χ1n) is 21.3. The quantitative estimate of drug-likeness (QED) is 0.276. The molecule has 0 spiro atoms. The molecule has 2 aromatic rings. The number of hydrogen-bond acceptors (Lipinski definition) is 3. The van der Waals surface area contributed by atoms with Crippen LogP contribution in [0.3, 0.4) is 0 Å². The summed E-state index contributed by atoms with van der Waals surface area (Å²) in [4.78, 5) is 10.0. The molecule has 3 aliphatic heterocycles. The fourth-order valence-corrected chi connectivity index (χ4v) is 11.4. The maximum absolute atomic E-state index is 4.53. The van der Waals surface area contributed by atoms with Crippen molar-refractivity contribution >= 4 is 11.9 Å². The molecule has 8 atom stereocenters. The summed E-state index contributed by atoms with van der Waals surface area (Å²) in [7, 11) is 0. The Morgan fingerprint density at radius 2 is 1.48 bits per heavy atom. The Hall–Kier alpha value is -5.41. The lowest BCUT2D eigenvalue weighted by Crippen LogP contribution is -2.37. The Morgan fingerprint density at radius 1 is 0.661 bits per heavy atom. The van der Waals surface area contributed by atoms with E-state index in [1.165, 1.54) is 69.6 Å². The molecule has 2 aromatic carbocycles. The van der Waals surface area contributed by atoms with Gasteiger partial charge in [-0.3, -0.25) is 4.99 Å². The van der Waals surface area contributed by atoms with Gasteiger partial charge in [0.1, 0.15) is 0 Å². The molecule has 1 saturated heterocycles. The predicted octanol–water partition coefficient (Wildman–Crippen LogP) is 11.8. The Kier molecular flexibility index (Phi) is 8.63. The second kappa shape index (κ2) is 14.3. The van der Waals surface area contributed by atoms with Gasteiger partial charge >= 0.3 is 0 Å². The fourth-order valence-electron chi connectivity index (χ4n) is 11.4. The van der Waals surface area contributed by atoms with Gasteiger partial charge in [0.05, 0.1) is 18.1 Å². The predicted molar refractivity (Wildman–Crippen MR) is 233 cm³/mol. The van der Waals surface area contributed by atoms with Gasteiger partial charge in [-0.2, -0.15) is 0 Å². The van der Waals surface area contributed by atoms with Crippen LogP contribution >= 0.6 is 0 Å². The summed E-state index contributed by atoms with van der Waals surface area (Å²) in [6.45, 7) is 0.896. The lowest BCUT2D eigenvalue weighted by atomic mass is 9.76. The minimum Gasteiger partial charge on any atom is -0.357 e. The van der Waals surface area contributed by atoms with E-state index < -0.39 is 0 Å². The minimum atomic E-state index is 0.310. The molecular weight excluding hydrogens is 679 g/mol. The van der Waals surface area contributed by atoms with Crippen LogP contribution in [0.5, 0.6) is 0 Å². The third-order valence-corrected chi connectivity index (χ3v) is 14.1. The third kappa shape index (κ3) is 5.90. The smallest absolute Gasteiger partial charge is 0.0623 e. The Morgan fingerprint density at radius 3 is 2.32 bits per heavy atom. The van der Waals surface area contributed by atoms with Gasteiger partial charge in [-0.05, 0) is 120 Å². The molecule has 0 N–H and O–H groups in total. The second-order valence-corrected chi connectivity index (χ2v) is 17.1. The molecule has 11 rings (SSSR count). The molecule has 0 amide bonds. The molecule has 3 heteroatoms. The van der Waals surface area contributed by atoms with Gasteiger partial charge in [0.2, 0.25) is 0 Å². The molecule has 9 aliphatic rings. The van der Waals surface area contributed by atoms with Crippen LogP contribution in [0.2, 0.25) is 0 Å². The highest BCUT2D eigenvalue weighted by Crippen LogP contribution is 2.51. The van der Waals surface area contributed by atoms with Gasteiger partial charge in [0.15, 0.2) is 0 Å². The molecule has 8 unspecified atom stereocenters. The van der Waals surface area contributed by atoms with Crippen LogP contribution in [-0.4, -0.2) is 35.8 Å². The molecule has 1 fully saturated rings. The number of aliphatic imine (C=N–C) groups is 1. The molecule has 3 heterocycles. The largest absolute Gasteiger partial charge is 0.357 e. The zero-order valence-corrected chi connectivity index (χ0v) is 32.2. The maximum Gasteiger partial charge on any atom is 0.0623 e. The number of hydrogen-bond donors (Lipinski definition) is 0. The van der Waals surface area contributed by atoms with Crippen LogP contribution in [0.1, 0.15) is 44.9 Å². The average Bonchev–Trinajstić information content (AvgIpc) is 3.79. The van der Waals surface area contributed by atoms with Crippen LogP contribution in [-0.2, 0) is 0 Å². The van der Waals surface area contributed by atoms with Gasteiger partial charge in [0.25, 0.3) is 0 Å². The maximum atomic E-state index is 4.53. The summed E-state index contributed by atoms with van der Waals surface area (Å²) >= 11 is 0. The van der Waals surface area contributed by atoms with Crippen molar-refractivity contribution in [2.45, 2.75) is 63.1 Å². The van der Waals surface area contributed by atoms with Gasteiger partial charge in [-0.25, -0.2) is 0 Å². The van der Waals surface area contributed by atoms with Crippen molar-refractivity contribution in [3.05, 3.63) is 197 Å². The number of dihydropyridines is 1. The van der Waals surface area contributed by atoms with Crippen LogP contribution in [0.25, 0.3) is 11.1 Å². The van der Waals surface area contributed by atoms with E-state index in [1.807, 2.05) is 6.21 Å².